The summed E-state index contributed by atoms with van der Waals surface area (Å²) in [5.41, 5.74) is 2.95. The highest BCUT2D eigenvalue weighted by molar-refractivity contribution is 5.78. The molecule has 0 fully saturated rings. The summed E-state index contributed by atoms with van der Waals surface area (Å²) in [6, 6.07) is 3.99. The zero-order valence-electron chi connectivity index (χ0n) is 18.0. The molecule has 29 heavy (non-hydrogen) atoms. The molecule has 1 aliphatic heterocycles. The van der Waals surface area contributed by atoms with Gasteiger partial charge in [-0.2, -0.15) is 0 Å². The zero-order valence-corrected chi connectivity index (χ0v) is 18.0. The van der Waals surface area contributed by atoms with E-state index in [9.17, 15) is 9.90 Å². The van der Waals surface area contributed by atoms with Crippen molar-refractivity contribution in [1.29, 1.82) is 0 Å². The maximum absolute atomic E-state index is 12.3. The van der Waals surface area contributed by atoms with Crippen LogP contribution in [0.1, 0.15) is 76.8 Å². The van der Waals surface area contributed by atoms with Crippen molar-refractivity contribution in [3.63, 3.8) is 0 Å². The van der Waals surface area contributed by atoms with E-state index in [1.54, 1.807) is 0 Å². The number of hydrogen-bond acceptors (Lipinski definition) is 5. The van der Waals surface area contributed by atoms with Crippen molar-refractivity contribution < 1.29 is 24.5 Å². The number of aliphatic hydroxyl groups is 2. The molecule has 0 saturated carbocycles. The number of ether oxygens (including phenoxy) is 2. The van der Waals surface area contributed by atoms with Gasteiger partial charge in [-0.1, -0.05) is 31.4 Å². The van der Waals surface area contributed by atoms with Crippen LogP contribution in [0, 0.1) is 5.92 Å². The molecule has 0 bridgehead atoms. The van der Waals surface area contributed by atoms with Gasteiger partial charge in [0.05, 0.1) is 6.61 Å². The standard InChI is InChI=1S/C24H34O5/c1-5-6-7-8-16-12-20(28-23(27)19(26)14-25)22-17-11-15(2)9-10-18(17)24(3,4)29-21(22)13-16/h11-13,17-19,25-26H,5-10,14H2,1-4H3. The quantitative estimate of drug-likeness (QED) is 0.308. The minimum atomic E-state index is -1.55. The van der Waals surface area contributed by atoms with Gasteiger partial charge < -0.3 is 19.7 Å². The van der Waals surface area contributed by atoms with E-state index in [0.717, 1.165) is 55.4 Å². The lowest BCUT2D eigenvalue weighted by Gasteiger charge is -2.46. The molecule has 0 spiro atoms. The van der Waals surface area contributed by atoms with E-state index >= 15 is 0 Å². The van der Waals surface area contributed by atoms with Gasteiger partial charge in [-0.3, -0.25) is 0 Å². The van der Waals surface area contributed by atoms with E-state index in [4.69, 9.17) is 14.6 Å². The number of aliphatic hydroxyl groups excluding tert-OH is 2. The van der Waals surface area contributed by atoms with Gasteiger partial charge in [-0.15, -0.1) is 0 Å². The predicted octanol–water partition coefficient (Wildman–Crippen LogP) is 4.29. The maximum atomic E-state index is 12.3. The summed E-state index contributed by atoms with van der Waals surface area (Å²) in [4.78, 5) is 12.3. The van der Waals surface area contributed by atoms with Crippen LogP contribution < -0.4 is 9.47 Å². The summed E-state index contributed by atoms with van der Waals surface area (Å²) >= 11 is 0. The van der Waals surface area contributed by atoms with Crippen LogP contribution in [0.4, 0.5) is 0 Å². The second-order valence-electron chi connectivity index (χ2n) is 8.97. The average molecular weight is 403 g/mol. The topological polar surface area (TPSA) is 76.0 Å². The Kier molecular flexibility index (Phi) is 6.69. The predicted molar refractivity (Wildman–Crippen MR) is 112 cm³/mol. The number of fused-ring (bicyclic) bond motifs is 3. The zero-order chi connectivity index (χ0) is 21.2. The van der Waals surface area contributed by atoms with Gasteiger partial charge in [0.1, 0.15) is 17.1 Å². The first kappa shape index (κ1) is 21.8. The number of carbonyl (C=O) groups is 1. The Labute approximate surface area is 173 Å². The first-order chi connectivity index (χ1) is 13.8. The number of hydrogen-bond donors (Lipinski definition) is 2. The van der Waals surface area contributed by atoms with Crippen LogP contribution in [-0.2, 0) is 11.2 Å². The van der Waals surface area contributed by atoms with Crippen molar-refractivity contribution in [2.24, 2.45) is 5.92 Å². The van der Waals surface area contributed by atoms with E-state index < -0.39 is 18.7 Å². The minimum absolute atomic E-state index is 0.0984. The van der Waals surface area contributed by atoms with Gasteiger partial charge >= 0.3 is 5.97 Å². The van der Waals surface area contributed by atoms with E-state index in [1.807, 2.05) is 6.07 Å². The number of allylic oxidation sites excluding steroid dienone is 2. The molecule has 5 heteroatoms. The molecule has 3 unspecified atom stereocenters. The molecule has 1 aromatic carbocycles. The Bertz CT molecular complexity index is 780. The highest BCUT2D eigenvalue weighted by Crippen LogP contribution is 2.53. The number of rotatable bonds is 7. The smallest absolute Gasteiger partial charge is 0.342 e. The first-order valence-corrected chi connectivity index (χ1v) is 10.8. The molecule has 2 aliphatic rings. The summed E-state index contributed by atoms with van der Waals surface area (Å²) in [5, 5.41) is 18.8. The second kappa shape index (κ2) is 8.88. The summed E-state index contributed by atoms with van der Waals surface area (Å²) in [7, 11) is 0. The number of unbranched alkanes of at least 4 members (excludes halogenated alkanes) is 2. The van der Waals surface area contributed by atoms with E-state index in [1.165, 1.54) is 5.57 Å². The molecule has 1 aromatic rings. The van der Waals surface area contributed by atoms with Crippen LogP contribution in [0.3, 0.4) is 0 Å². The van der Waals surface area contributed by atoms with Crippen molar-refractivity contribution in [3.8, 4) is 11.5 Å². The Hall–Kier alpha value is -1.85. The van der Waals surface area contributed by atoms with Crippen LogP contribution >= 0.6 is 0 Å². The first-order valence-electron chi connectivity index (χ1n) is 10.8. The third kappa shape index (κ3) is 4.67. The summed E-state index contributed by atoms with van der Waals surface area (Å²) < 4.78 is 12.1. The summed E-state index contributed by atoms with van der Waals surface area (Å²) in [6.07, 6.45) is 6.97. The largest absolute Gasteiger partial charge is 0.487 e. The van der Waals surface area contributed by atoms with Gasteiger partial charge in [-0.25, -0.2) is 4.79 Å². The third-order valence-corrected chi connectivity index (χ3v) is 6.24. The number of benzene rings is 1. The third-order valence-electron chi connectivity index (χ3n) is 6.24. The lowest BCUT2D eigenvalue weighted by atomic mass is 9.68. The molecular weight excluding hydrogens is 368 g/mol. The molecule has 0 saturated heterocycles. The average Bonchev–Trinajstić information content (AvgIpc) is 2.66. The molecule has 1 heterocycles. The van der Waals surface area contributed by atoms with Crippen LogP contribution in [0.5, 0.6) is 11.5 Å². The number of esters is 1. The highest BCUT2D eigenvalue weighted by Gasteiger charge is 2.45. The molecule has 0 aromatic heterocycles. The number of carbonyl (C=O) groups excluding carboxylic acids is 1. The molecule has 0 amide bonds. The fraction of sp³-hybridized carbons (Fsp3) is 0.625. The lowest BCUT2D eigenvalue weighted by Crippen LogP contribution is -2.45. The molecule has 2 N–H and O–H groups in total. The molecule has 160 valence electrons. The summed E-state index contributed by atoms with van der Waals surface area (Å²) in [5.74, 6) is 0.754. The molecule has 0 radical (unpaired) electrons. The van der Waals surface area contributed by atoms with Crippen LogP contribution in [0.2, 0.25) is 0 Å². The fourth-order valence-corrected chi connectivity index (χ4v) is 4.62. The Balaban J connectivity index is 2.06. The van der Waals surface area contributed by atoms with Crippen molar-refractivity contribution >= 4 is 5.97 Å². The van der Waals surface area contributed by atoms with Crippen molar-refractivity contribution in [3.05, 3.63) is 34.9 Å². The van der Waals surface area contributed by atoms with Crippen molar-refractivity contribution in [2.45, 2.75) is 83.8 Å². The normalized spacial score (nSPS) is 23.3. The van der Waals surface area contributed by atoms with Gasteiger partial charge in [0.2, 0.25) is 0 Å². The summed E-state index contributed by atoms with van der Waals surface area (Å²) in [6.45, 7) is 7.91. The Morgan fingerprint density at radius 3 is 2.79 bits per heavy atom. The monoisotopic (exact) mass is 402 g/mol. The lowest BCUT2D eigenvalue weighted by molar-refractivity contribution is -0.145. The van der Waals surface area contributed by atoms with Crippen molar-refractivity contribution in [2.75, 3.05) is 6.61 Å². The number of aryl methyl sites for hydroxylation is 1. The highest BCUT2D eigenvalue weighted by atomic mass is 16.6. The molecule has 5 nitrogen and oxygen atoms in total. The van der Waals surface area contributed by atoms with Crippen LogP contribution in [0.15, 0.2) is 23.8 Å². The Morgan fingerprint density at radius 2 is 2.10 bits per heavy atom. The van der Waals surface area contributed by atoms with Crippen LogP contribution in [-0.4, -0.2) is 34.5 Å². The molecule has 1 aliphatic carbocycles. The molecule has 3 rings (SSSR count). The molecule has 3 atom stereocenters. The van der Waals surface area contributed by atoms with Crippen molar-refractivity contribution in [1.82, 2.24) is 0 Å². The van der Waals surface area contributed by atoms with E-state index in [2.05, 4.69) is 39.8 Å². The maximum Gasteiger partial charge on any atom is 0.342 e. The Morgan fingerprint density at radius 1 is 1.34 bits per heavy atom. The SMILES string of the molecule is CCCCCc1cc(OC(=O)C(O)CO)c2c(c1)OC(C)(C)C1CCC(C)=CC21. The van der Waals surface area contributed by atoms with Gasteiger partial charge in [0, 0.05) is 17.4 Å². The molecular formula is C24H34O5. The van der Waals surface area contributed by atoms with Crippen LogP contribution in [0.25, 0.3) is 0 Å². The second-order valence-corrected chi connectivity index (χ2v) is 8.97. The van der Waals surface area contributed by atoms with E-state index in [-0.39, 0.29) is 17.4 Å². The minimum Gasteiger partial charge on any atom is -0.487 e. The van der Waals surface area contributed by atoms with Gasteiger partial charge in [0.25, 0.3) is 0 Å². The van der Waals surface area contributed by atoms with Gasteiger partial charge in [-0.05, 0) is 64.2 Å². The van der Waals surface area contributed by atoms with E-state index in [0.29, 0.717) is 5.75 Å². The van der Waals surface area contributed by atoms with Gasteiger partial charge in [0.15, 0.2) is 6.10 Å². The fourth-order valence-electron chi connectivity index (χ4n) is 4.62.